The van der Waals surface area contributed by atoms with Gasteiger partial charge in [-0.3, -0.25) is 14.7 Å². The number of piperidine rings is 1. The first-order valence-electron chi connectivity index (χ1n) is 12.1. The number of nitrogens with one attached hydrogen (secondary N) is 3. The Bertz CT molecular complexity index is 1230. The van der Waals surface area contributed by atoms with E-state index >= 15 is 0 Å². The van der Waals surface area contributed by atoms with Gasteiger partial charge in [0, 0.05) is 44.0 Å². The minimum absolute atomic E-state index is 0.00128. The molecule has 3 atom stereocenters. The molecule has 3 N–H and O–H groups in total. The Balaban J connectivity index is 1.28. The number of carbonyl (C=O) groups is 2. The van der Waals surface area contributed by atoms with Gasteiger partial charge in [-0.2, -0.15) is 5.10 Å². The molecule has 1 saturated heterocycles. The van der Waals surface area contributed by atoms with Gasteiger partial charge >= 0.3 is 0 Å². The predicted molar refractivity (Wildman–Crippen MR) is 126 cm³/mol. The van der Waals surface area contributed by atoms with Crippen LogP contribution < -0.4 is 10.6 Å². The van der Waals surface area contributed by atoms with Crippen molar-refractivity contribution in [2.75, 3.05) is 19.6 Å². The summed E-state index contributed by atoms with van der Waals surface area (Å²) in [5.41, 5.74) is 0.748. The van der Waals surface area contributed by atoms with Crippen LogP contribution in [-0.4, -0.2) is 57.7 Å². The molecule has 1 saturated carbocycles. The van der Waals surface area contributed by atoms with Crippen LogP contribution in [0.1, 0.15) is 48.4 Å². The number of hydrogen-bond acceptors (Lipinski definition) is 6. The van der Waals surface area contributed by atoms with E-state index in [9.17, 15) is 18.4 Å². The third-order valence-electron chi connectivity index (χ3n) is 6.85. The topological polar surface area (TPSA) is 116 Å². The minimum Gasteiger partial charge on any atom is -0.355 e. The summed E-state index contributed by atoms with van der Waals surface area (Å²) in [4.78, 5) is 28.6. The van der Waals surface area contributed by atoms with Gasteiger partial charge in [0.1, 0.15) is 11.6 Å². The maximum Gasteiger partial charge on any atom is 0.273 e. The predicted octanol–water partition coefficient (Wildman–Crippen LogP) is 3.05. The molecule has 1 aliphatic heterocycles. The van der Waals surface area contributed by atoms with Crippen molar-refractivity contribution in [2.24, 2.45) is 11.8 Å². The van der Waals surface area contributed by atoms with Gasteiger partial charge in [-0.1, -0.05) is 5.16 Å². The molecule has 2 aromatic heterocycles. The average molecular weight is 499 g/mol. The lowest BCUT2D eigenvalue weighted by Crippen LogP contribution is -2.56. The SMILES string of the molecule is C[C@@H](NC(=O)[C@H]1CN(CC2CC2)CC[C@@H]1NC(=O)c1cc(-c2ccc(F)cc2F)on1)c1ccn[nH]1. The lowest BCUT2D eigenvalue weighted by molar-refractivity contribution is -0.128. The summed E-state index contributed by atoms with van der Waals surface area (Å²) in [5, 5.41) is 16.5. The van der Waals surface area contributed by atoms with Crippen molar-refractivity contribution in [1.82, 2.24) is 30.9 Å². The zero-order chi connectivity index (χ0) is 25.2. The fourth-order valence-electron chi connectivity index (χ4n) is 4.64. The highest BCUT2D eigenvalue weighted by molar-refractivity contribution is 5.94. The lowest BCUT2D eigenvalue weighted by atomic mass is 9.90. The molecule has 0 spiro atoms. The quantitative estimate of drug-likeness (QED) is 0.440. The van der Waals surface area contributed by atoms with Crippen LogP contribution in [0.3, 0.4) is 0 Å². The van der Waals surface area contributed by atoms with Gasteiger partial charge < -0.3 is 20.1 Å². The smallest absolute Gasteiger partial charge is 0.273 e. The van der Waals surface area contributed by atoms with E-state index in [1.54, 1.807) is 12.3 Å². The van der Waals surface area contributed by atoms with Gasteiger partial charge in [-0.25, -0.2) is 8.78 Å². The average Bonchev–Trinajstić information content (AvgIpc) is 3.30. The Hall–Kier alpha value is -3.60. The van der Waals surface area contributed by atoms with Gasteiger partial charge in [0.15, 0.2) is 11.5 Å². The van der Waals surface area contributed by atoms with Crippen molar-refractivity contribution >= 4 is 11.8 Å². The first-order valence-corrected chi connectivity index (χ1v) is 12.1. The van der Waals surface area contributed by atoms with Crippen LogP contribution in [0.2, 0.25) is 0 Å². The molecule has 2 aliphatic rings. The fraction of sp³-hybridized carbons (Fsp3) is 0.440. The van der Waals surface area contributed by atoms with E-state index in [2.05, 4.69) is 30.9 Å². The molecule has 2 amide bonds. The summed E-state index contributed by atoms with van der Waals surface area (Å²) in [6.45, 7) is 4.13. The number of benzene rings is 1. The molecule has 190 valence electrons. The van der Waals surface area contributed by atoms with E-state index in [0.717, 1.165) is 30.9 Å². The van der Waals surface area contributed by atoms with Crippen LogP contribution in [0.15, 0.2) is 41.1 Å². The lowest BCUT2D eigenvalue weighted by Gasteiger charge is -2.38. The van der Waals surface area contributed by atoms with Gasteiger partial charge in [-0.15, -0.1) is 0 Å². The van der Waals surface area contributed by atoms with E-state index in [1.165, 1.54) is 25.0 Å². The molecule has 0 bridgehead atoms. The second-order valence-electron chi connectivity index (χ2n) is 9.62. The van der Waals surface area contributed by atoms with Crippen molar-refractivity contribution in [3.8, 4) is 11.3 Å². The van der Waals surface area contributed by atoms with E-state index < -0.39 is 29.5 Å². The Morgan fingerprint density at radius 2 is 2.06 bits per heavy atom. The molecular formula is C25H28F2N6O3. The van der Waals surface area contributed by atoms with Gasteiger partial charge in [0.25, 0.3) is 5.91 Å². The zero-order valence-electron chi connectivity index (χ0n) is 19.8. The summed E-state index contributed by atoms with van der Waals surface area (Å²) < 4.78 is 32.5. The number of nitrogens with zero attached hydrogens (tertiary/aromatic N) is 3. The molecule has 11 heteroatoms. The van der Waals surface area contributed by atoms with E-state index in [-0.39, 0.29) is 29.0 Å². The van der Waals surface area contributed by atoms with Crippen molar-refractivity contribution < 1.29 is 22.9 Å². The monoisotopic (exact) mass is 498 g/mol. The molecule has 3 heterocycles. The van der Waals surface area contributed by atoms with Crippen LogP contribution in [0.4, 0.5) is 8.78 Å². The highest BCUT2D eigenvalue weighted by Gasteiger charge is 2.38. The summed E-state index contributed by atoms with van der Waals surface area (Å²) in [5.74, 6) is -1.97. The van der Waals surface area contributed by atoms with Crippen LogP contribution in [0.5, 0.6) is 0 Å². The second kappa shape index (κ2) is 10.2. The number of rotatable bonds is 8. The third-order valence-corrected chi connectivity index (χ3v) is 6.85. The number of likely N-dealkylation sites (tertiary alicyclic amines) is 1. The Morgan fingerprint density at radius 1 is 1.22 bits per heavy atom. The van der Waals surface area contributed by atoms with Gasteiger partial charge in [-0.05, 0) is 50.3 Å². The van der Waals surface area contributed by atoms with Crippen LogP contribution in [0.25, 0.3) is 11.3 Å². The molecule has 1 aromatic carbocycles. The van der Waals surface area contributed by atoms with Crippen molar-refractivity contribution in [2.45, 2.75) is 38.3 Å². The third kappa shape index (κ3) is 5.46. The molecule has 9 nitrogen and oxygen atoms in total. The number of carbonyl (C=O) groups excluding carboxylic acids is 2. The van der Waals surface area contributed by atoms with Crippen molar-refractivity contribution in [3.63, 3.8) is 0 Å². The largest absolute Gasteiger partial charge is 0.355 e. The number of H-pyrrole nitrogens is 1. The Morgan fingerprint density at radius 3 is 2.78 bits per heavy atom. The van der Waals surface area contributed by atoms with Crippen molar-refractivity contribution in [3.05, 3.63) is 59.6 Å². The number of hydrogen-bond donors (Lipinski definition) is 3. The second-order valence-corrected chi connectivity index (χ2v) is 9.62. The Kier molecular flexibility index (Phi) is 6.82. The molecule has 5 rings (SSSR count). The molecule has 1 aliphatic carbocycles. The normalized spacial score (nSPS) is 21.2. The number of aromatic nitrogens is 3. The summed E-state index contributed by atoms with van der Waals surface area (Å²) in [7, 11) is 0. The van der Waals surface area contributed by atoms with E-state index in [1.807, 2.05) is 6.92 Å². The maximum atomic E-state index is 14.1. The van der Waals surface area contributed by atoms with E-state index in [0.29, 0.717) is 18.9 Å². The van der Waals surface area contributed by atoms with Crippen molar-refractivity contribution in [1.29, 1.82) is 0 Å². The first kappa shape index (κ1) is 24.1. The summed E-state index contributed by atoms with van der Waals surface area (Å²) >= 11 is 0. The number of halogens is 2. The molecule has 3 aromatic rings. The number of amides is 2. The highest BCUT2D eigenvalue weighted by Crippen LogP contribution is 2.31. The number of aromatic amines is 1. The van der Waals surface area contributed by atoms with Gasteiger partial charge in [0.2, 0.25) is 5.91 Å². The molecule has 2 fully saturated rings. The summed E-state index contributed by atoms with van der Waals surface area (Å²) in [6.07, 6.45) is 4.66. The molecule has 36 heavy (non-hydrogen) atoms. The molecule has 0 radical (unpaired) electrons. The Labute approximate surface area is 206 Å². The highest BCUT2D eigenvalue weighted by atomic mass is 19.1. The minimum atomic E-state index is -0.815. The standard InChI is InChI=1S/C25H28F2N6O3/c1-14(20-6-8-28-31-20)29-24(34)18-13-33(12-15-2-3-15)9-7-21(18)30-25(35)22-11-23(36-32-22)17-5-4-16(26)10-19(17)27/h4-6,8,10-11,14-15,18,21H,2-3,7,9,12-13H2,1H3,(H,28,31)(H,29,34)(H,30,35)/t14-,18+,21+/m1/s1. The first-order chi connectivity index (χ1) is 17.4. The molecule has 0 unspecified atom stereocenters. The van der Waals surface area contributed by atoms with Crippen LogP contribution in [0, 0.1) is 23.5 Å². The molecular weight excluding hydrogens is 470 g/mol. The fourth-order valence-corrected chi connectivity index (χ4v) is 4.64. The summed E-state index contributed by atoms with van der Waals surface area (Å²) in [6, 6.07) is 5.50. The van der Waals surface area contributed by atoms with Crippen LogP contribution in [-0.2, 0) is 4.79 Å². The van der Waals surface area contributed by atoms with E-state index in [4.69, 9.17) is 4.52 Å². The maximum absolute atomic E-state index is 14.1. The zero-order valence-corrected chi connectivity index (χ0v) is 19.8. The van der Waals surface area contributed by atoms with Crippen LogP contribution >= 0.6 is 0 Å². The van der Waals surface area contributed by atoms with Gasteiger partial charge in [0.05, 0.1) is 23.2 Å².